The van der Waals surface area contributed by atoms with Crippen molar-refractivity contribution in [3.8, 4) is 5.75 Å². The zero-order valence-electron chi connectivity index (χ0n) is 26.1. The third kappa shape index (κ3) is 4.70. The van der Waals surface area contributed by atoms with Crippen molar-refractivity contribution in [2.45, 2.75) is 43.9 Å². The Morgan fingerprint density at radius 1 is 0.958 bits per heavy atom. The zero-order chi connectivity index (χ0) is 33.9. The SMILES string of the molecule is Cc1ccc(NN2C(=O)C3CC4C(=CCC5C(=O)N(CCCC(=O)O)C(=O)C54)C(c4ccc(O)c(F)c4)C3(c3ccccc3)C2=O)cc1. The van der Waals surface area contributed by atoms with E-state index in [0.29, 0.717) is 22.4 Å². The maximum Gasteiger partial charge on any atom is 0.303 e. The standard InChI is InChI=1S/C37H34FN3O7/c1-20-9-12-23(13-10-20)39-41-34(46)27-19-26-24(14-15-25-31(26)35(47)40(33(25)45)17-5-8-30(43)44)32(21-11-16-29(42)28(38)18-21)37(27,36(41)48)22-6-3-2-4-7-22/h2-4,6-7,9-14,16,18,25-27,31-32,39,42H,5,8,15,17,19H2,1H3,(H,43,44). The molecule has 0 aromatic heterocycles. The number of fused-ring (bicyclic) bond motifs is 4. The summed E-state index contributed by atoms with van der Waals surface area (Å²) in [6, 6.07) is 20.0. The van der Waals surface area contributed by atoms with Crippen LogP contribution in [-0.4, -0.2) is 56.3 Å². The fourth-order valence-electron chi connectivity index (χ4n) is 8.50. The predicted molar refractivity (Wildman–Crippen MR) is 170 cm³/mol. The van der Waals surface area contributed by atoms with Gasteiger partial charge in [-0.25, -0.2) is 4.39 Å². The highest BCUT2D eigenvalue weighted by molar-refractivity contribution is 6.13. The quantitative estimate of drug-likeness (QED) is 0.235. The summed E-state index contributed by atoms with van der Waals surface area (Å²) in [5.74, 6) is -8.45. The Hall–Kier alpha value is -5.32. The van der Waals surface area contributed by atoms with Gasteiger partial charge in [-0.15, -0.1) is 0 Å². The molecule has 2 heterocycles. The van der Waals surface area contributed by atoms with E-state index in [1.807, 2.05) is 25.1 Å². The number of allylic oxidation sites excluding steroid dienone is 2. The van der Waals surface area contributed by atoms with Gasteiger partial charge in [0.15, 0.2) is 11.6 Å². The first-order chi connectivity index (χ1) is 23.0. The minimum Gasteiger partial charge on any atom is -0.505 e. The Morgan fingerprint density at radius 3 is 2.38 bits per heavy atom. The van der Waals surface area contributed by atoms with E-state index in [1.54, 1.807) is 42.5 Å². The number of amides is 4. The van der Waals surface area contributed by atoms with Gasteiger partial charge in [0.05, 0.1) is 28.9 Å². The van der Waals surface area contributed by atoms with Crippen molar-refractivity contribution in [2.24, 2.45) is 23.7 Å². The Labute approximate surface area is 275 Å². The van der Waals surface area contributed by atoms with Crippen molar-refractivity contribution >= 4 is 35.3 Å². The van der Waals surface area contributed by atoms with Crippen LogP contribution in [-0.2, 0) is 29.4 Å². The average molecular weight is 652 g/mol. The molecule has 1 saturated carbocycles. The largest absolute Gasteiger partial charge is 0.505 e. The number of nitrogens with zero attached hydrogens (tertiary/aromatic N) is 2. The highest BCUT2D eigenvalue weighted by Gasteiger charge is 2.70. The van der Waals surface area contributed by atoms with Crippen LogP contribution in [0.1, 0.15) is 48.3 Å². The van der Waals surface area contributed by atoms with Crippen molar-refractivity contribution in [1.29, 1.82) is 0 Å². The molecule has 4 aliphatic rings. The molecule has 0 spiro atoms. The zero-order valence-corrected chi connectivity index (χ0v) is 26.1. The Kier molecular flexibility index (Phi) is 7.65. The summed E-state index contributed by atoms with van der Waals surface area (Å²) in [6.07, 6.45) is 2.05. The lowest BCUT2D eigenvalue weighted by atomic mass is 9.49. The van der Waals surface area contributed by atoms with Crippen molar-refractivity contribution in [3.63, 3.8) is 0 Å². The van der Waals surface area contributed by atoms with Crippen LogP contribution in [0.15, 0.2) is 84.4 Å². The number of carboxylic acid groups (broad SMARTS) is 1. The monoisotopic (exact) mass is 651 g/mol. The summed E-state index contributed by atoms with van der Waals surface area (Å²) in [6.45, 7) is 1.88. The number of aromatic hydroxyl groups is 1. The number of halogens is 1. The van der Waals surface area contributed by atoms with Gasteiger partial charge < -0.3 is 10.2 Å². The number of imide groups is 2. The van der Waals surface area contributed by atoms with Gasteiger partial charge in [-0.2, -0.15) is 5.01 Å². The van der Waals surface area contributed by atoms with Crippen molar-refractivity contribution in [3.05, 3.63) is 107 Å². The van der Waals surface area contributed by atoms with Crippen LogP contribution in [0.4, 0.5) is 10.1 Å². The molecule has 2 aliphatic heterocycles. The van der Waals surface area contributed by atoms with Crippen molar-refractivity contribution in [1.82, 2.24) is 9.91 Å². The molecule has 3 aromatic carbocycles. The molecule has 7 rings (SSSR count). The van der Waals surface area contributed by atoms with Crippen LogP contribution in [0.25, 0.3) is 0 Å². The first-order valence-electron chi connectivity index (χ1n) is 16.1. The van der Waals surface area contributed by atoms with E-state index in [2.05, 4.69) is 5.43 Å². The number of carboxylic acids is 1. The highest BCUT2D eigenvalue weighted by Crippen LogP contribution is 2.64. The lowest BCUT2D eigenvalue weighted by Gasteiger charge is -2.50. The summed E-state index contributed by atoms with van der Waals surface area (Å²) < 4.78 is 15.2. The van der Waals surface area contributed by atoms with Crippen LogP contribution >= 0.6 is 0 Å². The molecule has 6 unspecified atom stereocenters. The minimum atomic E-state index is -1.55. The van der Waals surface area contributed by atoms with Gasteiger partial charge >= 0.3 is 5.97 Å². The molecular weight excluding hydrogens is 617 g/mol. The van der Waals surface area contributed by atoms with Gasteiger partial charge in [-0.1, -0.05) is 65.7 Å². The number of benzene rings is 3. The molecule has 0 bridgehead atoms. The summed E-state index contributed by atoms with van der Waals surface area (Å²) in [7, 11) is 0. The number of nitrogens with one attached hydrogen (secondary N) is 1. The molecule has 2 aliphatic carbocycles. The summed E-state index contributed by atoms with van der Waals surface area (Å²) in [5, 5.41) is 20.3. The molecule has 3 N–H and O–H groups in total. The second-order valence-corrected chi connectivity index (χ2v) is 13.1. The summed E-state index contributed by atoms with van der Waals surface area (Å²) in [5.41, 5.74) is 4.52. The van der Waals surface area contributed by atoms with E-state index in [4.69, 9.17) is 5.11 Å². The molecule has 2 saturated heterocycles. The summed E-state index contributed by atoms with van der Waals surface area (Å²) >= 11 is 0. The van der Waals surface area contributed by atoms with Gasteiger partial charge in [0.2, 0.25) is 11.8 Å². The lowest BCUT2D eigenvalue weighted by molar-refractivity contribution is -0.142. The number of phenolic OH excluding ortho intramolecular Hbond substituents is 1. The van der Waals surface area contributed by atoms with E-state index < -0.39 is 70.3 Å². The van der Waals surface area contributed by atoms with Crippen LogP contribution in [0.5, 0.6) is 5.75 Å². The first-order valence-corrected chi connectivity index (χ1v) is 16.1. The van der Waals surface area contributed by atoms with Crippen LogP contribution in [0.3, 0.4) is 0 Å². The Morgan fingerprint density at radius 2 is 1.69 bits per heavy atom. The number of hydrogen-bond donors (Lipinski definition) is 3. The van der Waals surface area contributed by atoms with E-state index in [1.165, 1.54) is 18.2 Å². The molecule has 11 heteroatoms. The Bertz CT molecular complexity index is 1880. The third-order valence-corrected chi connectivity index (χ3v) is 10.6. The number of hydrogen-bond acceptors (Lipinski definition) is 7. The minimum absolute atomic E-state index is 0.0331. The number of aryl methyl sites for hydroxylation is 1. The lowest BCUT2D eigenvalue weighted by Crippen LogP contribution is -2.53. The van der Waals surface area contributed by atoms with Gasteiger partial charge in [0.25, 0.3) is 11.8 Å². The average Bonchev–Trinajstić information content (AvgIpc) is 3.44. The first kappa shape index (κ1) is 31.3. The third-order valence-electron chi connectivity index (χ3n) is 10.6. The van der Waals surface area contributed by atoms with Crippen LogP contribution in [0.2, 0.25) is 0 Å². The molecule has 48 heavy (non-hydrogen) atoms. The van der Waals surface area contributed by atoms with Crippen LogP contribution < -0.4 is 5.43 Å². The van der Waals surface area contributed by atoms with E-state index >= 15 is 9.18 Å². The molecule has 3 aromatic rings. The number of carbonyl (C=O) groups is 5. The number of rotatable bonds is 8. The molecule has 0 radical (unpaired) electrons. The number of aliphatic carboxylic acids is 1. The number of phenols is 1. The number of hydrazine groups is 1. The molecule has 246 valence electrons. The van der Waals surface area contributed by atoms with E-state index in [-0.39, 0.29) is 38.1 Å². The molecule has 10 nitrogen and oxygen atoms in total. The maximum atomic E-state index is 15.2. The number of carbonyl (C=O) groups excluding carboxylic acids is 4. The molecule has 3 fully saturated rings. The van der Waals surface area contributed by atoms with E-state index in [0.717, 1.165) is 15.5 Å². The number of likely N-dealkylation sites (tertiary alicyclic amines) is 1. The molecule has 6 atom stereocenters. The van der Waals surface area contributed by atoms with Crippen LogP contribution in [0, 0.1) is 36.4 Å². The highest BCUT2D eigenvalue weighted by atomic mass is 19.1. The van der Waals surface area contributed by atoms with Gasteiger partial charge in [-0.05, 0) is 67.5 Å². The van der Waals surface area contributed by atoms with E-state index in [9.17, 15) is 24.3 Å². The normalized spacial score (nSPS) is 27.8. The predicted octanol–water partition coefficient (Wildman–Crippen LogP) is 4.69. The fraction of sp³-hybridized carbons (Fsp3) is 0.324. The maximum absolute atomic E-state index is 15.2. The second-order valence-electron chi connectivity index (χ2n) is 13.1. The van der Waals surface area contributed by atoms with Gasteiger partial charge in [0, 0.05) is 18.9 Å². The molecular formula is C37H34FN3O7. The van der Waals surface area contributed by atoms with Crippen molar-refractivity contribution < 1.29 is 38.6 Å². The molecule has 4 amide bonds. The van der Waals surface area contributed by atoms with Crippen molar-refractivity contribution in [2.75, 3.05) is 12.0 Å². The number of anilines is 1. The smallest absolute Gasteiger partial charge is 0.303 e. The van der Waals surface area contributed by atoms with Gasteiger partial charge in [0.1, 0.15) is 0 Å². The fourth-order valence-corrected chi connectivity index (χ4v) is 8.50. The topological polar surface area (TPSA) is 144 Å². The Balaban J connectivity index is 1.39. The van der Waals surface area contributed by atoms with Gasteiger partial charge in [-0.3, -0.25) is 34.3 Å². The summed E-state index contributed by atoms with van der Waals surface area (Å²) in [4.78, 5) is 69.4. The second kappa shape index (κ2) is 11.7.